The number of piperidine rings is 3. The second-order valence-corrected chi connectivity index (χ2v) is 11.3. The lowest BCUT2D eigenvalue weighted by Crippen LogP contribution is -2.57. The molecule has 1 amide bonds. The van der Waals surface area contributed by atoms with Crippen molar-refractivity contribution in [1.29, 1.82) is 0 Å². The van der Waals surface area contributed by atoms with Crippen LogP contribution in [-0.2, 0) is 6.61 Å². The Morgan fingerprint density at radius 2 is 1.67 bits per heavy atom. The van der Waals surface area contributed by atoms with Crippen molar-refractivity contribution in [3.8, 4) is 5.75 Å². The van der Waals surface area contributed by atoms with E-state index in [9.17, 15) is 4.79 Å². The van der Waals surface area contributed by atoms with E-state index in [0.29, 0.717) is 12.5 Å². The van der Waals surface area contributed by atoms with Gasteiger partial charge >= 0.3 is 0 Å². The van der Waals surface area contributed by atoms with Gasteiger partial charge in [0.2, 0.25) is 0 Å². The van der Waals surface area contributed by atoms with Gasteiger partial charge in [0, 0.05) is 30.3 Å². The third kappa shape index (κ3) is 5.62. The number of amides is 1. The van der Waals surface area contributed by atoms with E-state index in [2.05, 4.69) is 60.2 Å². The molecule has 3 aliphatic heterocycles. The highest BCUT2D eigenvalue weighted by Crippen LogP contribution is 2.41. The molecule has 4 heterocycles. The minimum absolute atomic E-state index is 0.00981. The van der Waals surface area contributed by atoms with Crippen molar-refractivity contribution in [2.24, 2.45) is 11.3 Å². The first-order valence-electron chi connectivity index (χ1n) is 13.1. The molecule has 1 N–H and O–H groups in total. The lowest BCUT2D eigenvalue weighted by Gasteiger charge is -2.44. The maximum absolute atomic E-state index is 13.0. The van der Waals surface area contributed by atoms with Crippen molar-refractivity contribution >= 4 is 5.91 Å². The normalized spacial score (nSPS) is 22.1. The number of pyridine rings is 1. The molecule has 1 unspecified atom stereocenters. The summed E-state index contributed by atoms with van der Waals surface area (Å²) < 4.78 is 5.93. The van der Waals surface area contributed by atoms with Crippen molar-refractivity contribution in [1.82, 2.24) is 15.2 Å². The number of nitrogens with one attached hydrogen (secondary N) is 1. The zero-order chi connectivity index (χ0) is 25.1. The number of carbonyl (C=O) groups excluding carboxylic acids is 1. The fraction of sp³-hybridized carbons (Fsp3) is 0.419. The number of carbonyl (C=O) groups is 1. The average Bonchev–Trinajstić information content (AvgIpc) is 2.89. The first-order valence-corrected chi connectivity index (χ1v) is 13.1. The molecule has 0 radical (unpaired) electrons. The fourth-order valence-electron chi connectivity index (χ4n) is 5.80. The standard InChI is InChI=1S/C31H37N3O2/c1-31(2,3)29(24-11-13-27(14-12-24)36-21-26-6-4-5-17-32-26)23-7-9-25(10-8-23)30(35)33-28-20-34-18-15-22(28)16-19-34/h4-14,17,22,28-29H,15-16,18-21H2,1-3H3,(H,33,35)/t28-,29?/m1/s1. The number of aromatic nitrogens is 1. The van der Waals surface area contributed by atoms with Gasteiger partial charge in [-0.3, -0.25) is 9.78 Å². The van der Waals surface area contributed by atoms with E-state index in [4.69, 9.17) is 4.74 Å². The van der Waals surface area contributed by atoms with Crippen LogP contribution >= 0.6 is 0 Å². The molecule has 3 aliphatic rings. The van der Waals surface area contributed by atoms with Crippen molar-refractivity contribution < 1.29 is 9.53 Å². The number of nitrogens with zero attached hydrogens (tertiary/aromatic N) is 2. The largest absolute Gasteiger partial charge is 0.487 e. The first kappa shape index (κ1) is 24.5. The predicted octanol–water partition coefficient (Wildman–Crippen LogP) is 5.66. The molecule has 3 saturated heterocycles. The Morgan fingerprint density at radius 3 is 2.22 bits per heavy atom. The number of hydrogen-bond acceptors (Lipinski definition) is 4. The van der Waals surface area contributed by atoms with Gasteiger partial charge in [-0.2, -0.15) is 0 Å². The molecule has 3 fully saturated rings. The van der Waals surface area contributed by atoms with E-state index in [-0.39, 0.29) is 23.3 Å². The highest BCUT2D eigenvalue weighted by Gasteiger charge is 2.35. The molecule has 3 aromatic rings. The molecule has 5 nitrogen and oxygen atoms in total. The van der Waals surface area contributed by atoms with Crippen molar-refractivity contribution in [3.05, 3.63) is 95.3 Å². The zero-order valence-corrected chi connectivity index (χ0v) is 21.6. The molecule has 2 aromatic carbocycles. The van der Waals surface area contributed by atoms with Crippen LogP contribution in [0.4, 0.5) is 0 Å². The minimum Gasteiger partial charge on any atom is -0.487 e. The van der Waals surface area contributed by atoms with Crippen LogP contribution in [0.2, 0.25) is 0 Å². The number of ether oxygens (including phenoxy) is 1. The van der Waals surface area contributed by atoms with Gasteiger partial charge in [0.15, 0.2) is 0 Å². The maximum atomic E-state index is 13.0. The Bertz CT molecular complexity index is 1150. The van der Waals surface area contributed by atoms with Gasteiger partial charge in [-0.25, -0.2) is 0 Å². The van der Waals surface area contributed by atoms with Crippen molar-refractivity contribution in [2.75, 3.05) is 19.6 Å². The van der Waals surface area contributed by atoms with Gasteiger partial charge in [0.05, 0.1) is 5.69 Å². The first-order chi connectivity index (χ1) is 17.4. The quantitative estimate of drug-likeness (QED) is 0.471. The van der Waals surface area contributed by atoms with E-state index in [0.717, 1.165) is 23.6 Å². The third-order valence-electron chi connectivity index (χ3n) is 7.67. The molecule has 2 bridgehead atoms. The molecular weight excluding hydrogens is 446 g/mol. The Morgan fingerprint density at radius 1 is 1.00 bits per heavy atom. The van der Waals surface area contributed by atoms with Gasteiger partial charge < -0.3 is 15.0 Å². The van der Waals surface area contributed by atoms with Crippen LogP contribution in [0.3, 0.4) is 0 Å². The monoisotopic (exact) mass is 483 g/mol. The second-order valence-electron chi connectivity index (χ2n) is 11.3. The summed E-state index contributed by atoms with van der Waals surface area (Å²) in [5.74, 6) is 1.69. The summed E-state index contributed by atoms with van der Waals surface area (Å²) in [7, 11) is 0. The molecule has 36 heavy (non-hydrogen) atoms. The Labute approximate surface area is 214 Å². The van der Waals surface area contributed by atoms with Gasteiger partial charge in [-0.05, 0) is 84.8 Å². The van der Waals surface area contributed by atoms with Crippen LogP contribution < -0.4 is 10.1 Å². The van der Waals surface area contributed by atoms with Crippen LogP contribution in [0.5, 0.6) is 5.75 Å². The van der Waals surface area contributed by atoms with E-state index in [1.54, 1.807) is 6.20 Å². The minimum atomic E-state index is 0.00981. The van der Waals surface area contributed by atoms with E-state index in [1.807, 2.05) is 42.5 Å². The van der Waals surface area contributed by atoms with E-state index < -0.39 is 0 Å². The molecule has 2 atom stereocenters. The average molecular weight is 484 g/mol. The summed E-state index contributed by atoms with van der Waals surface area (Å²) in [5.41, 5.74) is 4.10. The summed E-state index contributed by atoms with van der Waals surface area (Å²) in [6.07, 6.45) is 4.18. The van der Waals surface area contributed by atoms with Crippen LogP contribution in [0.1, 0.15) is 66.7 Å². The number of hydrogen-bond donors (Lipinski definition) is 1. The molecule has 0 spiro atoms. The summed E-state index contributed by atoms with van der Waals surface area (Å²) in [6, 6.07) is 22.7. The zero-order valence-electron chi connectivity index (χ0n) is 21.6. The molecule has 0 saturated carbocycles. The maximum Gasteiger partial charge on any atom is 0.251 e. The molecule has 188 valence electrons. The molecule has 1 aromatic heterocycles. The summed E-state index contributed by atoms with van der Waals surface area (Å²) >= 11 is 0. The summed E-state index contributed by atoms with van der Waals surface area (Å²) in [5, 5.41) is 3.31. The Kier molecular flexibility index (Phi) is 7.10. The van der Waals surface area contributed by atoms with E-state index >= 15 is 0 Å². The number of rotatable bonds is 7. The Balaban J connectivity index is 1.27. The van der Waals surface area contributed by atoms with Crippen molar-refractivity contribution in [2.45, 2.75) is 52.2 Å². The third-order valence-corrected chi connectivity index (χ3v) is 7.67. The van der Waals surface area contributed by atoms with Crippen LogP contribution in [0.15, 0.2) is 72.9 Å². The van der Waals surface area contributed by atoms with Crippen LogP contribution in [0, 0.1) is 11.3 Å². The van der Waals surface area contributed by atoms with Gasteiger partial charge in [0.25, 0.3) is 5.91 Å². The summed E-state index contributed by atoms with van der Waals surface area (Å²) in [4.78, 5) is 19.8. The molecule has 6 rings (SSSR count). The van der Waals surface area contributed by atoms with Gasteiger partial charge in [-0.1, -0.05) is 51.1 Å². The van der Waals surface area contributed by atoms with Crippen LogP contribution in [0.25, 0.3) is 0 Å². The molecule has 0 aliphatic carbocycles. The SMILES string of the molecule is CC(C)(C)C(c1ccc(OCc2ccccn2)cc1)c1ccc(C(=O)N[C@@H]2CN3CCC2CC3)cc1. The number of fused-ring (bicyclic) bond motifs is 3. The topological polar surface area (TPSA) is 54.5 Å². The summed E-state index contributed by atoms with van der Waals surface area (Å²) in [6.45, 7) is 10.6. The molecular formula is C31H37N3O2. The second kappa shape index (κ2) is 10.4. The van der Waals surface area contributed by atoms with E-state index in [1.165, 1.54) is 37.1 Å². The van der Waals surface area contributed by atoms with Gasteiger partial charge in [0.1, 0.15) is 12.4 Å². The highest BCUT2D eigenvalue weighted by molar-refractivity contribution is 5.94. The molecule has 5 heteroatoms. The predicted molar refractivity (Wildman–Crippen MR) is 143 cm³/mol. The van der Waals surface area contributed by atoms with Crippen LogP contribution in [-0.4, -0.2) is 41.5 Å². The smallest absolute Gasteiger partial charge is 0.251 e. The lowest BCUT2D eigenvalue weighted by molar-refractivity contribution is 0.0620. The fourth-order valence-corrected chi connectivity index (χ4v) is 5.80. The Hall–Kier alpha value is -3.18. The highest BCUT2D eigenvalue weighted by atomic mass is 16.5. The van der Waals surface area contributed by atoms with Crippen molar-refractivity contribution in [3.63, 3.8) is 0 Å². The lowest BCUT2D eigenvalue weighted by atomic mass is 9.72. The number of benzene rings is 2. The van der Waals surface area contributed by atoms with Gasteiger partial charge in [-0.15, -0.1) is 0 Å².